The molecule has 0 spiro atoms. The predicted molar refractivity (Wildman–Crippen MR) is 202 cm³/mol. The van der Waals surface area contributed by atoms with E-state index in [1.807, 2.05) is 0 Å². The minimum Gasteiger partial charge on any atom is -0.508 e. The number of carbonyl (C=O) groups excluding carboxylic acids is 1. The van der Waals surface area contributed by atoms with Crippen LogP contribution in [0.1, 0.15) is 15.9 Å². The summed E-state index contributed by atoms with van der Waals surface area (Å²) in [6.07, 6.45) is -7.45. The highest BCUT2D eigenvalue weighted by Gasteiger charge is 2.45. The van der Waals surface area contributed by atoms with Gasteiger partial charge in [-0.1, -0.05) is 18.2 Å². The second kappa shape index (κ2) is 16.4. The van der Waals surface area contributed by atoms with Crippen molar-refractivity contribution in [2.75, 3.05) is 18.4 Å². The van der Waals surface area contributed by atoms with Crippen LogP contribution in [0.15, 0.2) is 93.8 Å². The first-order valence-electron chi connectivity index (χ1n) is 16.7. The Morgan fingerprint density at radius 2 is 1.54 bits per heavy atom. The summed E-state index contributed by atoms with van der Waals surface area (Å²) in [4.78, 5) is 49.2. The van der Waals surface area contributed by atoms with Gasteiger partial charge in [0.2, 0.25) is 18.0 Å². The van der Waals surface area contributed by atoms with Gasteiger partial charge in [-0.15, -0.1) is 0 Å². The zero-order valence-electron chi connectivity index (χ0n) is 28.8. The number of carbonyl (C=O) groups is 3. The molecule has 17 nitrogen and oxygen atoms in total. The van der Waals surface area contributed by atoms with E-state index in [1.54, 1.807) is 12.1 Å². The number of hydrogen-bond acceptors (Lipinski definition) is 13. The molecule has 5 atom stereocenters. The van der Waals surface area contributed by atoms with Crippen LogP contribution in [-0.4, -0.2) is 102 Å². The number of aliphatic carboxylic acids is 1. The summed E-state index contributed by atoms with van der Waals surface area (Å²) in [5, 5.41) is 79.1. The normalized spacial score (nSPS) is 19.6. The summed E-state index contributed by atoms with van der Waals surface area (Å²) < 4.78 is 16.7. The molecule has 0 bridgehead atoms. The Bertz CT molecular complexity index is 2380. The lowest BCUT2D eigenvalue weighted by atomic mass is 9.90. The third-order valence-electron chi connectivity index (χ3n) is 8.68. The van der Waals surface area contributed by atoms with Gasteiger partial charge in [0.15, 0.2) is 10.5 Å². The van der Waals surface area contributed by atoms with Crippen LogP contribution in [0.4, 0.5) is 5.69 Å². The van der Waals surface area contributed by atoms with E-state index in [0.717, 1.165) is 6.08 Å². The van der Waals surface area contributed by atoms with Crippen molar-refractivity contribution >= 4 is 57.9 Å². The molecule has 3 aliphatic rings. The standard InChI is InChI=1S/C38H33N3O14S/c42-19-4-1-17(2-5-19)11-28(36(51)52)54-37-34(48)33(47)32(46)29(55-37)15-39-30(45)16-40-38(56)41-18-3-8-22(25(12-18)35(49)50)31-23-9-6-20(43)13-26(23)53-27-14-21(44)7-10-24(27)31/h1-14,29,32-34,37,42-43,46-48H,15-16H2,(H,39,45)(H,49,50)(H,51,52)(H2,40,41,56)/b28-11+/t29-,32+,33+,34-,37-/m1/s1. The van der Waals surface area contributed by atoms with Gasteiger partial charge in [-0.05, 0) is 78.0 Å². The molecule has 290 valence electrons. The van der Waals surface area contributed by atoms with Crippen LogP contribution in [0.2, 0.25) is 0 Å². The first-order valence-corrected chi connectivity index (χ1v) is 17.1. The van der Waals surface area contributed by atoms with Crippen molar-refractivity contribution in [3.63, 3.8) is 0 Å². The molecule has 1 fully saturated rings. The number of carboxylic acid groups (broad SMARTS) is 2. The van der Waals surface area contributed by atoms with E-state index in [9.17, 15) is 54.9 Å². The lowest BCUT2D eigenvalue weighted by molar-refractivity contribution is -0.285. The maximum absolute atomic E-state index is 12.7. The van der Waals surface area contributed by atoms with E-state index in [-0.39, 0.29) is 50.2 Å². The van der Waals surface area contributed by atoms with E-state index in [0.29, 0.717) is 22.1 Å². The number of thiocarbonyl (C=S) groups is 1. The van der Waals surface area contributed by atoms with E-state index in [1.165, 1.54) is 66.7 Å². The van der Waals surface area contributed by atoms with Gasteiger partial charge in [-0.3, -0.25) is 9.59 Å². The molecule has 6 rings (SSSR count). The fourth-order valence-electron chi connectivity index (χ4n) is 5.95. The summed E-state index contributed by atoms with van der Waals surface area (Å²) in [6, 6.07) is 18.3. The van der Waals surface area contributed by atoms with Crippen LogP contribution in [0.5, 0.6) is 11.5 Å². The summed E-state index contributed by atoms with van der Waals surface area (Å²) >= 11 is 5.30. The van der Waals surface area contributed by atoms with Gasteiger partial charge >= 0.3 is 11.9 Å². The number of ether oxygens (including phenoxy) is 2. The number of nitrogens with one attached hydrogen (secondary N) is 3. The van der Waals surface area contributed by atoms with Gasteiger partial charge in [-0.2, -0.15) is 0 Å². The Labute approximate surface area is 321 Å². The number of phenols is 2. The second-order valence-corrected chi connectivity index (χ2v) is 12.9. The summed E-state index contributed by atoms with van der Waals surface area (Å²) in [5.74, 6) is -4.14. The molecule has 3 aromatic carbocycles. The third kappa shape index (κ3) is 8.70. The number of anilines is 1. The van der Waals surface area contributed by atoms with E-state index >= 15 is 0 Å². The van der Waals surface area contributed by atoms with Gasteiger partial charge in [0.05, 0.1) is 12.1 Å². The van der Waals surface area contributed by atoms with Crippen molar-refractivity contribution in [2.45, 2.75) is 30.7 Å². The number of rotatable bonds is 11. The van der Waals surface area contributed by atoms with Gasteiger partial charge in [0.1, 0.15) is 47.3 Å². The van der Waals surface area contributed by atoms with Gasteiger partial charge < -0.3 is 65.6 Å². The van der Waals surface area contributed by atoms with Gasteiger partial charge in [0, 0.05) is 40.9 Å². The quantitative estimate of drug-likeness (QED) is 0.0397. The molecule has 1 saturated heterocycles. The molecule has 2 heterocycles. The Balaban J connectivity index is 1.09. The van der Waals surface area contributed by atoms with Crippen LogP contribution in [0.25, 0.3) is 39.5 Å². The molecule has 18 heteroatoms. The highest BCUT2D eigenvalue weighted by Crippen LogP contribution is 2.42. The van der Waals surface area contributed by atoms with Gasteiger partial charge in [-0.25, -0.2) is 9.59 Å². The lowest BCUT2D eigenvalue weighted by Crippen LogP contribution is -2.60. The lowest BCUT2D eigenvalue weighted by Gasteiger charge is -2.40. The molecule has 0 unspecified atom stereocenters. The molecule has 10 N–H and O–H groups in total. The molecule has 2 aliphatic heterocycles. The first-order chi connectivity index (χ1) is 26.7. The second-order valence-electron chi connectivity index (χ2n) is 12.5. The molecule has 1 aliphatic carbocycles. The number of aliphatic hydroxyl groups is 3. The van der Waals surface area contributed by atoms with Crippen molar-refractivity contribution in [3.05, 3.63) is 106 Å². The van der Waals surface area contributed by atoms with E-state index in [4.69, 9.17) is 26.1 Å². The Morgan fingerprint density at radius 3 is 2.25 bits per heavy atom. The maximum Gasteiger partial charge on any atom is 0.371 e. The van der Waals surface area contributed by atoms with Crippen molar-refractivity contribution < 1.29 is 64.0 Å². The summed E-state index contributed by atoms with van der Waals surface area (Å²) in [7, 11) is 0. The van der Waals surface area contributed by atoms with Crippen LogP contribution in [0, 0.1) is 0 Å². The summed E-state index contributed by atoms with van der Waals surface area (Å²) in [6.45, 7) is -0.826. The van der Waals surface area contributed by atoms with Crippen LogP contribution >= 0.6 is 12.2 Å². The number of aromatic hydroxyl groups is 2. The van der Waals surface area contributed by atoms with Crippen molar-refractivity contribution in [3.8, 4) is 33.9 Å². The first kappa shape index (κ1) is 39.1. The number of carboxylic acids is 2. The minimum absolute atomic E-state index is 0.0587. The number of benzene rings is 4. The number of aliphatic hydroxyl groups excluding tert-OH is 3. The number of fused-ring (bicyclic) bond motifs is 2. The maximum atomic E-state index is 12.7. The third-order valence-corrected chi connectivity index (χ3v) is 8.92. The van der Waals surface area contributed by atoms with Crippen LogP contribution in [0.3, 0.4) is 0 Å². The van der Waals surface area contributed by atoms with Crippen LogP contribution in [-0.2, 0) is 19.1 Å². The SMILES string of the molecule is O=C(CNC(=S)Nc1ccc(-c2c3ccc(=O)cc-3oc3cc(O)ccc23)c(C(=O)O)c1)NC[C@H]1O[C@@H](O/C(=C/c2ccc(O)cc2)C(=O)O)[C@H](O)[C@@H](O)[C@H]1O. The molecule has 0 aromatic heterocycles. The molecule has 56 heavy (non-hydrogen) atoms. The average Bonchev–Trinajstić information content (AvgIpc) is 3.16. The van der Waals surface area contributed by atoms with E-state index in [2.05, 4.69) is 16.0 Å². The molecular weight excluding hydrogens is 754 g/mol. The minimum atomic E-state index is -1.87. The Hall–Kier alpha value is -6.57. The highest BCUT2D eigenvalue weighted by molar-refractivity contribution is 7.80. The van der Waals surface area contributed by atoms with Crippen molar-refractivity contribution in [1.29, 1.82) is 0 Å². The van der Waals surface area contributed by atoms with E-state index < -0.39 is 67.4 Å². The zero-order chi connectivity index (χ0) is 40.3. The highest BCUT2D eigenvalue weighted by atomic mass is 32.1. The number of amides is 1. The smallest absolute Gasteiger partial charge is 0.371 e. The largest absolute Gasteiger partial charge is 0.508 e. The Morgan fingerprint density at radius 1 is 0.821 bits per heavy atom. The number of hydrogen-bond donors (Lipinski definition) is 10. The fraction of sp³-hybridized carbons (Fsp3) is 0.184. The Kier molecular flexibility index (Phi) is 11.5. The van der Waals surface area contributed by atoms with Crippen molar-refractivity contribution in [2.24, 2.45) is 0 Å². The summed E-state index contributed by atoms with van der Waals surface area (Å²) in [5.41, 5.74) is 1.50. The molecule has 3 aromatic rings. The zero-order valence-corrected chi connectivity index (χ0v) is 29.6. The number of aromatic carboxylic acids is 1. The molecule has 0 radical (unpaired) electrons. The number of phenolic OH excluding ortho intramolecular Hbond substituents is 2. The van der Waals surface area contributed by atoms with Crippen molar-refractivity contribution in [1.82, 2.24) is 10.6 Å². The molecular formula is C38H33N3O14S. The monoisotopic (exact) mass is 787 g/mol. The van der Waals surface area contributed by atoms with Crippen LogP contribution < -0.4 is 21.4 Å². The molecule has 1 amide bonds. The average molecular weight is 788 g/mol. The topological polar surface area (TPSA) is 278 Å². The fourth-order valence-corrected chi connectivity index (χ4v) is 6.14. The molecule has 0 saturated carbocycles. The van der Waals surface area contributed by atoms with Gasteiger partial charge in [0.25, 0.3) is 0 Å². The predicted octanol–water partition coefficient (Wildman–Crippen LogP) is 2.03.